The Morgan fingerprint density at radius 2 is 1.85 bits per heavy atom. The summed E-state index contributed by atoms with van der Waals surface area (Å²) in [4.78, 5) is 23.4. The number of carbonyl (C=O) groups excluding carboxylic acids is 1. The van der Waals surface area contributed by atoms with E-state index in [0.29, 0.717) is 12.3 Å². The summed E-state index contributed by atoms with van der Waals surface area (Å²) in [5.41, 5.74) is 2.68. The van der Waals surface area contributed by atoms with Gasteiger partial charge in [0.05, 0.1) is 6.42 Å². The van der Waals surface area contributed by atoms with E-state index >= 15 is 0 Å². The van der Waals surface area contributed by atoms with E-state index in [0.717, 1.165) is 48.2 Å². The van der Waals surface area contributed by atoms with Gasteiger partial charge in [0.25, 0.3) is 0 Å². The van der Waals surface area contributed by atoms with Crippen LogP contribution in [0.3, 0.4) is 0 Å². The topological polar surface area (TPSA) is 46.1 Å². The van der Waals surface area contributed by atoms with Crippen LogP contribution in [0.4, 0.5) is 4.39 Å². The van der Waals surface area contributed by atoms with Gasteiger partial charge in [-0.15, -0.1) is 0 Å². The molecule has 3 heterocycles. The number of fused-ring (bicyclic) bond motifs is 1. The maximum Gasteiger partial charge on any atom is 0.226 e. The van der Waals surface area contributed by atoms with Crippen LogP contribution in [0.25, 0.3) is 11.0 Å². The molecular formula is C21H20FN3O. The van der Waals surface area contributed by atoms with E-state index in [1.807, 2.05) is 17.0 Å². The van der Waals surface area contributed by atoms with Crippen molar-refractivity contribution < 1.29 is 9.18 Å². The van der Waals surface area contributed by atoms with E-state index in [1.165, 1.54) is 12.1 Å². The molecule has 4 nitrogen and oxygen atoms in total. The lowest BCUT2D eigenvalue weighted by Gasteiger charge is -2.32. The normalized spacial score (nSPS) is 15.3. The number of benzene rings is 1. The predicted molar refractivity (Wildman–Crippen MR) is 98.2 cm³/mol. The Balaban J connectivity index is 1.38. The minimum Gasteiger partial charge on any atom is -0.342 e. The molecule has 1 saturated heterocycles. The van der Waals surface area contributed by atoms with Crippen LogP contribution in [-0.4, -0.2) is 33.9 Å². The third-order valence-corrected chi connectivity index (χ3v) is 5.02. The van der Waals surface area contributed by atoms with Gasteiger partial charge in [-0.1, -0.05) is 12.1 Å². The molecule has 0 spiro atoms. The zero-order valence-corrected chi connectivity index (χ0v) is 14.4. The number of nitrogens with zero attached hydrogens (tertiary/aromatic N) is 3. The molecule has 0 radical (unpaired) electrons. The third-order valence-electron chi connectivity index (χ3n) is 5.02. The standard InChI is InChI=1S/C21H20FN3O/c22-18-6-3-15(4-7-18)14-20(26)25-12-9-16(10-13-25)19-8-5-17-2-1-11-23-21(17)24-19/h1-8,11,16H,9-10,12-14H2. The van der Waals surface area contributed by atoms with Gasteiger partial charge in [0.15, 0.2) is 5.65 Å². The highest BCUT2D eigenvalue weighted by molar-refractivity contribution is 5.79. The van der Waals surface area contributed by atoms with Gasteiger partial charge in [0.2, 0.25) is 5.91 Å². The summed E-state index contributed by atoms with van der Waals surface area (Å²) in [6, 6.07) is 14.2. The molecule has 0 atom stereocenters. The smallest absolute Gasteiger partial charge is 0.226 e. The van der Waals surface area contributed by atoms with Gasteiger partial charge in [-0.3, -0.25) is 4.79 Å². The molecule has 1 aliphatic rings. The van der Waals surface area contributed by atoms with Crippen LogP contribution >= 0.6 is 0 Å². The van der Waals surface area contributed by atoms with Crippen LogP contribution in [0.15, 0.2) is 54.7 Å². The monoisotopic (exact) mass is 349 g/mol. The zero-order chi connectivity index (χ0) is 17.9. The quantitative estimate of drug-likeness (QED) is 0.724. The second kappa shape index (κ2) is 7.20. The molecule has 2 aromatic heterocycles. The highest BCUT2D eigenvalue weighted by Crippen LogP contribution is 2.28. The van der Waals surface area contributed by atoms with Crippen molar-refractivity contribution in [1.29, 1.82) is 0 Å². The van der Waals surface area contributed by atoms with Crippen molar-refractivity contribution in [3.05, 3.63) is 71.8 Å². The Bertz CT molecular complexity index is 918. The summed E-state index contributed by atoms with van der Waals surface area (Å²) in [6.07, 6.45) is 3.89. The van der Waals surface area contributed by atoms with Crippen LogP contribution in [-0.2, 0) is 11.2 Å². The molecule has 0 unspecified atom stereocenters. The van der Waals surface area contributed by atoms with Crippen molar-refractivity contribution in [1.82, 2.24) is 14.9 Å². The van der Waals surface area contributed by atoms with Crippen molar-refractivity contribution in [2.45, 2.75) is 25.2 Å². The van der Waals surface area contributed by atoms with Crippen molar-refractivity contribution in [3.8, 4) is 0 Å². The lowest BCUT2D eigenvalue weighted by Crippen LogP contribution is -2.38. The van der Waals surface area contributed by atoms with Crippen LogP contribution in [0.2, 0.25) is 0 Å². The molecule has 4 rings (SSSR count). The van der Waals surface area contributed by atoms with Crippen LogP contribution in [0.5, 0.6) is 0 Å². The molecule has 1 aliphatic heterocycles. The highest BCUT2D eigenvalue weighted by Gasteiger charge is 2.24. The average Bonchev–Trinajstić information content (AvgIpc) is 2.69. The minimum absolute atomic E-state index is 0.100. The van der Waals surface area contributed by atoms with E-state index in [2.05, 4.69) is 17.1 Å². The maximum atomic E-state index is 13.0. The molecule has 0 aliphatic carbocycles. The number of aromatic nitrogens is 2. The zero-order valence-electron chi connectivity index (χ0n) is 14.4. The van der Waals surface area contributed by atoms with E-state index in [-0.39, 0.29) is 11.7 Å². The van der Waals surface area contributed by atoms with Gasteiger partial charge in [-0.05, 0) is 54.8 Å². The Hall–Kier alpha value is -2.82. The predicted octanol–water partition coefficient (Wildman–Crippen LogP) is 3.72. The summed E-state index contributed by atoms with van der Waals surface area (Å²) in [5.74, 6) is 0.180. The molecular weight excluding hydrogens is 329 g/mol. The van der Waals surface area contributed by atoms with E-state index in [1.54, 1.807) is 18.3 Å². The molecule has 5 heteroatoms. The van der Waals surface area contributed by atoms with Crippen LogP contribution in [0, 0.1) is 5.82 Å². The van der Waals surface area contributed by atoms with Gasteiger partial charge >= 0.3 is 0 Å². The molecule has 1 amide bonds. The molecule has 3 aromatic rings. The van der Waals surface area contributed by atoms with Gasteiger partial charge in [0.1, 0.15) is 5.82 Å². The summed E-state index contributed by atoms with van der Waals surface area (Å²) in [7, 11) is 0. The number of halogens is 1. The Kier molecular flexibility index (Phi) is 4.61. The summed E-state index contributed by atoms with van der Waals surface area (Å²) >= 11 is 0. The van der Waals surface area contributed by atoms with Gasteiger partial charge < -0.3 is 4.90 Å². The lowest BCUT2D eigenvalue weighted by atomic mass is 9.92. The summed E-state index contributed by atoms with van der Waals surface area (Å²) in [5, 5.41) is 1.04. The third kappa shape index (κ3) is 3.57. The number of carbonyl (C=O) groups is 1. The van der Waals surface area contributed by atoms with Crippen molar-refractivity contribution >= 4 is 16.9 Å². The Morgan fingerprint density at radius 3 is 2.62 bits per heavy atom. The van der Waals surface area contributed by atoms with Gasteiger partial charge in [-0.2, -0.15) is 0 Å². The fraction of sp³-hybridized carbons (Fsp3) is 0.286. The van der Waals surface area contributed by atoms with Gasteiger partial charge in [-0.25, -0.2) is 14.4 Å². The molecule has 0 saturated carbocycles. The van der Waals surface area contributed by atoms with Crippen LogP contribution < -0.4 is 0 Å². The number of hydrogen-bond donors (Lipinski definition) is 0. The first-order valence-electron chi connectivity index (χ1n) is 8.93. The number of piperidine rings is 1. The fourth-order valence-corrected chi connectivity index (χ4v) is 3.51. The first-order chi connectivity index (χ1) is 12.7. The molecule has 0 N–H and O–H groups in total. The number of rotatable bonds is 3. The second-order valence-electron chi connectivity index (χ2n) is 6.74. The first kappa shape index (κ1) is 16.6. The van der Waals surface area contributed by atoms with Crippen LogP contribution in [0.1, 0.15) is 30.0 Å². The Labute approximate surface area is 151 Å². The van der Waals surface area contributed by atoms with Crippen molar-refractivity contribution in [2.24, 2.45) is 0 Å². The number of amides is 1. The van der Waals surface area contributed by atoms with E-state index in [9.17, 15) is 9.18 Å². The maximum absolute atomic E-state index is 13.0. The number of likely N-dealkylation sites (tertiary alicyclic amines) is 1. The SMILES string of the molecule is O=C(Cc1ccc(F)cc1)N1CCC(c2ccc3cccnc3n2)CC1. The number of hydrogen-bond acceptors (Lipinski definition) is 3. The Morgan fingerprint density at radius 1 is 1.08 bits per heavy atom. The molecule has 0 bridgehead atoms. The average molecular weight is 349 g/mol. The summed E-state index contributed by atoms with van der Waals surface area (Å²) < 4.78 is 13.0. The second-order valence-corrected chi connectivity index (χ2v) is 6.74. The molecule has 1 aromatic carbocycles. The minimum atomic E-state index is -0.278. The van der Waals surface area contributed by atoms with Crippen molar-refractivity contribution in [3.63, 3.8) is 0 Å². The van der Waals surface area contributed by atoms with Gasteiger partial charge in [0, 0.05) is 36.3 Å². The first-order valence-corrected chi connectivity index (χ1v) is 8.93. The van der Waals surface area contributed by atoms with E-state index < -0.39 is 0 Å². The molecule has 26 heavy (non-hydrogen) atoms. The van der Waals surface area contributed by atoms with Crippen molar-refractivity contribution in [2.75, 3.05) is 13.1 Å². The number of pyridine rings is 2. The highest BCUT2D eigenvalue weighted by atomic mass is 19.1. The summed E-state index contributed by atoms with van der Waals surface area (Å²) in [6.45, 7) is 1.46. The molecule has 132 valence electrons. The largest absolute Gasteiger partial charge is 0.342 e. The molecule has 1 fully saturated rings. The van der Waals surface area contributed by atoms with E-state index in [4.69, 9.17) is 4.98 Å². The fourth-order valence-electron chi connectivity index (χ4n) is 3.51. The lowest BCUT2D eigenvalue weighted by molar-refractivity contribution is -0.131.